The number of nitrogens with zero attached hydrogens (tertiary/aromatic N) is 2. The van der Waals surface area contributed by atoms with Crippen molar-refractivity contribution in [3.63, 3.8) is 0 Å². The van der Waals surface area contributed by atoms with Crippen LogP contribution in [0.5, 0.6) is 0 Å². The van der Waals surface area contributed by atoms with Gasteiger partial charge in [0.05, 0.1) is 0 Å². The zero-order chi connectivity index (χ0) is 18.4. The van der Waals surface area contributed by atoms with Crippen molar-refractivity contribution in [2.75, 3.05) is 5.32 Å². The van der Waals surface area contributed by atoms with E-state index in [0.29, 0.717) is 0 Å². The van der Waals surface area contributed by atoms with Gasteiger partial charge in [-0.1, -0.05) is 72.0 Å². The van der Waals surface area contributed by atoms with Gasteiger partial charge in [-0.15, -0.1) is 5.11 Å². The van der Waals surface area contributed by atoms with Crippen LogP contribution in [0.25, 0.3) is 11.1 Å². The molecule has 0 saturated heterocycles. The molecule has 0 aromatic heterocycles. The van der Waals surface area contributed by atoms with Gasteiger partial charge in [0.2, 0.25) is 0 Å². The molecule has 3 rings (SSSR count). The molecule has 5 nitrogen and oxygen atoms in total. The van der Waals surface area contributed by atoms with Crippen LogP contribution in [0.4, 0.5) is 5.69 Å². The van der Waals surface area contributed by atoms with E-state index in [1.54, 1.807) is 6.92 Å². The van der Waals surface area contributed by atoms with E-state index in [9.17, 15) is 0 Å². The zero-order valence-corrected chi connectivity index (χ0v) is 14.8. The lowest BCUT2D eigenvalue weighted by atomic mass is 10.0. The number of hydrogen-bond donors (Lipinski definition) is 3. The second kappa shape index (κ2) is 7.80. The first-order valence-electron chi connectivity index (χ1n) is 8.48. The highest BCUT2D eigenvalue weighted by Gasteiger charge is 2.20. The quantitative estimate of drug-likeness (QED) is 0.351. The first kappa shape index (κ1) is 17.6. The Morgan fingerprint density at radius 1 is 0.885 bits per heavy atom. The summed E-state index contributed by atoms with van der Waals surface area (Å²) in [5, 5.41) is 10.6. The lowest BCUT2D eigenvalue weighted by Crippen LogP contribution is -2.30. The average molecular weight is 345 g/mol. The third kappa shape index (κ3) is 4.26. The van der Waals surface area contributed by atoms with Crippen LogP contribution in [0, 0.1) is 0 Å². The zero-order valence-electron chi connectivity index (χ0n) is 14.8. The monoisotopic (exact) mass is 345 g/mol. The highest BCUT2D eigenvalue weighted by Crippen LogP contribution is 2.23. The molecule has 0 bridgehead atoms. The van der Waals surface area contributed by atoms with E-state index >= 15 is 0 Å². The fourth-order valence-corrected chi connectivity index (χ4v) is 2.77. The number of hydrogen-bond acceptors (Lipinski definition) is 4. The van der Waals surface area contributed by atoms with Gasteiger partial charge in [0.25, 0.3) is 0 Å². The molecule has 5 heteroatoms. The van der Waals surface area contributed by atoms with Gasteiger partial charge in [-0.25, -0.2) is 0 Å². The molecule has 0 fully saturated rings. The molecule has 1 atom stereocenters. The molecule has 0 aliphatic rings. The summed E-state index contributed by atoms with van der Waals surface area (Å²) >= 11 is 0. The maximum Gasteiger partial charge on any atom is 0.154 e. The van der Waals surface area contributed by atoms with Crippen molar-refractivity contribution in [3.05, 3.63) is 90.0 Å². The van der Waals surface area contributed by atoms with E-state index in [2.05, 4.69) is 52.1 Å². The Hall–Kier alpha value is -3.18. The Balaban J connectivity index is 1.68. The molecule has 3 aromatic rings. The third-order valence-corrected chi connectivity index (χ3v) is 4.27. The Morgan fingerprint density at radius 3 is 2.27 bits per heavy atom. The van der Waals surface area contributed by atoms with Crippen molar-refractivity contribution in [2.24, 2.45) is 21.9 Å². The minimum Gasteiger partial charge on any atom is -0.381 e. The molecule has 0 amide bonds. The summed E-state index contributed by atoms with van der Waals surface area (Å²) in [7, 11) is 0. The smallest absolute Gasteiger partial charge is 0.154 e. The van der Waals surface area contributed by atoms with Gasteiger partial charge < -0.3 is 16.9 Å². The SMILES string of the molecule is CC(N)(/N=N\N)c1cccc(NCc2ccc(-c3ccccc3)cc2)c1. The van der Waals surface area contributed by atoms with Crippen molar-refractivity contribution >= 4 is 5.69 Å². The molecule has 5 N–H and O–H groups in total. The second-order valence-corrected chi connectivity index (χ2v) is 6.36. The molecule has 0 aliphatic heterocycles. The summed E-state index contributed by atoms with van der Waals surface area (Å²) < 4.78 is 0. The first-order valence-corrected chi connectivity index (χ1v) is 8.48. The lowest BCUT2D eigenvalue weighted by molar-refractivity contribution is 0.487. The van der Waals surface area contributed by atoms with Gasteiger partial charge in [0.15, 0.2) is 5.66 Å². The fraction of sp³-hybridized carbons (Fsp3) is 0.143. The number of nitrogens with two attached hydrogens (primary N) is 2. The molecule has 0 radical (unpaired) electrons. The number of rotatable bonds is 6. The minimum absolute atomic E-state index is 0.720. The predicted molar refractivity (Wildman–Crippen MR) is 106 cm³/mol. The van der Waals surface area contributed by atoms with Crippen molar-refractivity contribution in [2.45, 2.75) is 19.1 Å². The largest absolute Gasteiger partial charge is 0.381 e. The van der Waals surface area contributed by atoms with Crippen LogP contribution < -0.4 is 16.9 Å². The molecule has 0 aliphatic carbocycles. The molecule has 132 valence electrons. The normalized spacial score (nSPS) is 13.5. The molecule has 26 heavy (non-hydrogen) atoms. The summed E-state index contributed by atoms with van der Waals surface area (Å²) in [4.78, 5) is 0. The van der Waals surface area contributed by atoms with E-state index in [1.807, 2.05) is 42.5 Å². The molecule has 0 heterocycles. The van der Waals surface area contributed by atoms with Crippen LogP contribution in [-0.2, 0) is 12.2 Å². The Bertz CT molecular complexity index is 870. The van der Waals surface area contributed by atoms with Gasteiger partial charge in [-0.3, -0.25) is 0 Å². The van der Waals surface area contributed by atoms with E-state index in [-0.39, 0.29) is 0 Å². The second-order valence-electron chi connectivity index (χ2n) is 6.36. The van der Waals surface area contributed by atoms with E-state index in [0.717, 1.165) is 17.8 Å². The standard InChI is InChI=1S/C21H23N5/c1-21(22,25-26-23)19-8-5-9-20(14-19)24-15-16-10-12-18(13-11-16)17-6-3-2-4-7-17/h2-14,24H,15,22H2,1H3,(H2,23,25). The van der Waals surface area contributed by atoms with Gasteiger partial charge in [-0.2, -0.15) is 0 Å². The van der Waals surface area contributed by atoms with Gasteiger partial charge in [-0.05, 0) is 41.3 Å². The molecule has 3 aromatic carbocycles. The number of nitrogens with one attached hydrogen (secondary N) is 1. The summed E-state index contributed by atoms with van der Waals surface area (Å²) in [5.74, 6) is 5.14. The van der Waals surface area contributed by atoms with Gasteiger partial charge in [0.1, 0.15) is 0 Å². The molecule has 1 unspecified atom stereocenters. The summed E-state index contributed by atoms with van der Waals surface area (Å²) in [6, 6.07) is 26.7. The summed E-state index contributed by atoms with van der Waals surface area (Å²) in [6.07, 6.45) is 0. The third-order valence-electron chi connectivity index (χ3n) is 4.27. The Kier molecular flexibility index (Phi) is 5.29. The molecule has 0 saturated carbocycles. The highest BCUT2D eigenvalue weighted by atomic mass is 15.4. The molecular weight excluding hydrogens is 322 g/mol. The predicted octanol–water partition coefficient (Wildman–Crippen LogP) is 4.42. The van der Waals surface area contributed by atoms with E-state index in [4.69, 9.17) is 11.6 Å². The maximum atomic E-state index is 6.13. The molecule has 0 spiro atoms. The highest BCUT2D eigenvalue weighted by molar-refractivity contribution is 5.63. The van der Waals surface area contributed by atoms with Crippen molar-refractivity contribution in [3.8, 4) is 11.1 Å². The first-order chi connectivity index (χ1) is 12.6. The Morgan fingerprint density at radius 2 is 1.58 bits per heavy atom. The van der Waals surface area contributed by atoms with Crippen molar-refractivity contribution in [1.82, 2.24) is 0 Å². The topological polar surface area (TPSA) is 88.8 Å². The van der Waals surface area contributed by atoms with Crippen molar-refractivity contribution < 1.29 is 0 Å². The minimum atomic E-state index is -0.941. The van der Waals surface area contributed by atoms with Crippen LogP contribution >= 0.6 is 0 Å². The number of anilines is 1. The summed E-state index contributed by atoms with van der Waals surface area (Å²) in [6.45, 7) is 2.49. The van der Waals surface area contributed by atoms with Crippen LogP contribution in [0.1, 0.15) is 18.1 Å². The molecular formula is C21H23N5. The van der Waals surface area contributed by atoms with Gasteiger partial charge in [0, 0.05) is 12.2 Å². The van der Waals surface area contributed by atoms with Crippen LogP contribution in [0.3, 0.4) is 0 Å². The maximum absolute atomic E-state index is 6.13. The average Bonchev–Trinajstić information content (AvgIpc) is 2.68. The Labute approximate surface area is 153 Å². The summed E-state index contributed by atoms with van der Waals surface area (Å²) in [5.41, 5.74) is 10.6. The van der Waals surface area contributed by atoms with Crippen molar-refractivity contribution in [1.29, 1.82) is 0 Å². The van der Waals surface area contributed by atoms with Crippen LogP contribution in [-0.4, -0.2) is 0 Å². The lowest BCUT2D eigenvalue weighted by Gasteiger charge is -2.19. The van der Waals surface area contributed by atoms with E-state index in [1.165, 1.54) is 16.7 Å². The van der Waals surface area contributed by atoms with E-state index < -0.39 is 5.66 Å². The van der Waals surface area contributed by atoms with Gasteiger partial charge >= 0.3 is 0 Å². The number of benzene rings is 3. The van der Waals surface area contributed by atoms with Crippen LogP contribution in [0.15, 0.2) is 89.2 Å². The fourth-order valence-electron chi connectivity index (χ4n) is 2.77. The van der Waals surface area contributed by atoms with Crippen LogP contribution in [0.2, 0.25) is 0 Å².